The highest BCUT2D eigenvalue weighted by molar-refractivity contribution is 5.47. The lowest BCUT2D eigenvalue weighted by atomic mass is 10.1. The van der Waals surface area contributed by atoms with Gasteiger partial charge in [0.1, 0.15) is 5.76 Å². The molecule has 0 bridgehead atoms. The molecule has 2 aromatic rings. The fourth-order valence-electron chi connectivity index (χ4n) is 2.82. The minimum atomic E-state index is 0.187. The highest BCUT2D eigenvalue weighted by Crippen LogP contribution is 2.21. The first-order chi connectivity index (χ1) is 9.81. The van der Waals surface area contributed by atoms with Crippen LogP contribution in [-0.4, -0.2) is 18.0 Å². The minimum Gasteiger partial charge on any atom is -0.467 e. The maximum atomic E-state index is 5.43. The Bertz CT molecular complexity index is 530. The Balaban J connectivity index is 1.64. The molecular formula is C17H22N2O. The second-order valence-corrected chi connectivity index (χ2v) is 5.57. The number of hydrogen-bond acceptors (Lipinski definition) is 3. The van der Waals surface area contributed by atoms with Crippen molar-refractivity contribution in [2.45, 2.75) is 32.4 Å². The van der Waals surface area contributed by atoms with E-state index in [0.717, 1.165) is 18.0 Å². The summed E-state index contributed by atoms with van der Waals surface area (Å²) in [6.45, 7) is 5.65. The van der Waals surface area contributed by atoms with Crippen LogP contribution in [-0.2, 0) is 6.54 Å². The number of anilines is 1. The summed E-state index contributed by atoms with van der Waals surface area (Å²) in [7, 11) is 0. The Kier molecular flexibility index (Phi) is 4.07. The van der Waals surface area contributed by atoms with Gasteiger partial charge < -0.3 is 9.73 Å². The summed E-state index contributed by atoms with van der Waals surface area (Å²) in [5, 5.41) is 3.50. The van der Waals surface area contributed by atoms with E-state index in [1.54, 1.807) is 6.26 Å². The normalized spacial score (nSPS) is 17.2. The molecule has 2 heterocycles. The van der Waals surface area contributed by atoms with Crippen molar-refractivity contribution in [2.24, 2.45) is 0 Å². The lowest BCUT2D eigenvalue weighted by Crippen LogP contribution is -2.18. The first-order valence-electron chi connectivity index (χ1n) is 7.42. The van der Waals surface area contributed by atoms with E-state index >= 15 is 0 Å². The van der Waals surface area contributed by atoms with E-state index in [4.69, 9.17) is 4.42 Å². The van der Waals surface area contributed by atoms with Gasteiger partial charge in [0.15, 0.2) is 0 Å². The Hall–Kier alpha value is -1.74. The first-order valence-corrected chi connectivity index (χ1v) is 7.42. The van der Waals surface area contributed by atoms with E-state index in [1.807, 2.05) is 12.1 Å². The van der Waals surface area contributed by atoms with Crippen LogP contribution in [0.2, 0.25) is 0 Å². The number of nitrogens with one attached hydrogen (secondary N) is 1. The third-order valence-electron chi connectivity index (χ3n) is 3.88. The summed E-state index contributed by atoms with van der Waals surface area (Å²) in [5.74, 6) is 0.968. The number of hydrogen-bond donors (Lipinski definition) is 1. The van der Waals surface area contributed by atoms with E-state index < -0.39 is 0 Å². The molecular weight excluding hydrogens is 248 g/mol. The molecule has 3 heteroatoms. The van der Waals surface area contributed by atoms with Crippen LogP contribution in [0.25, 0.3) is 0 Å². The van der Waals surface area contributed by atoms with Gasteiger partial charge >= 0.3 is 0 Å². The molecule has 3 rings (SSSR count). The second-order valence-electron chi connectivity index (χ2n) is 5.57. The van der Waals surface area contributed by atoms with Crippen molar-refractivity contribution in [1.29, 1.82) is 0 Å². The molecule has 1 aromatic heterocycles. The van der Waals surface area contributed by atoms with Crippen LogP contribution >= 0.6 is 0 Å². The predicted molar refractivity (Wildman–Crippen MR) is 81.7 cm³/mol. The molecule has 1 N–H and O–H groups in total. The monoisotopic (exact) mass is 270 g/mol. The molecule has 3 nitrogen and oxygen atoms in total. The highest BCUT2D eigenvalue weighted by atomic mass is 16.3. The van der Waals surface area contributed by atoms with Gasteiger partial charge in [0, 0.05) is 12.2 Å². The standard InChI is InChI=1S/C17H22N2O/c1-14(17-8-5-11-20-17)18-16-7-4-6-15(12-16)13-19-9-2-3-10-19/h4-8,11-12,14,18H,2-3,9-10,13H2,1H3. The number of likely N-dealkylation sites (tertiary alicyclic amines) is 1. The van der Waals surface area contributed by atoms with Crippen LogP contribution in [0.3, 0.4) is 0 Å². The van der Waals surface area contributed by atoms with Crippen molar-refractivity contribution in [2.75, 3.05) is 18.4 Å². The van der Waals surface area contributed by atoms with Crippen LogP contribution in [0.15, 0.2) is 47.1 Å². The molecule has 1 fully saturated rings. The van der Waals surface area contributed by atoms with Crippen LogP contribution in [0, 0.1) is 0 Å². The Morgan fingerprint density at radius 1 is 1.20 bits per heavy atom. The fourth-order valence-corrected chi connectivity index (χ4v) is 2.82. The van der Waals surface area contributed by atoms with Gasteiger partial charge in [0.25, 0.3) is 0 Å². The van der Waals surface area contributed by atoms with Crippen molar-refractivity contribution in [1.82, 2.24) is 4.90 Å². The van der Waals surface area contributed by atoms with Crippen LogP contribution in [0.5, 0.6) is 0 Å². The van der Waals surface area contributed by atoms with Gasteiger partial charge in [-0.15, -0.1) is 0 Å². The SMILES string of the molecule is CC(Nc1cccc(CN2CCCC2)c1)c1ccco1. The Morgan fingerprint density at radius 2 is 2.05 bits per heavy atom. The zero-order valence-electron chi connectivity index (χ0n) is 12.0. The van der Waals surface area contributed by atoms with Gasteiger partial charge in [-0.1, -0.05) is 12.1 Å². The average Bonchev–Trinajstić information content (AvgIpc) is 3.12. The van der Waals surface area contributed by atoms with Crippen LogP contribution in [0.1, 0.15) is 37.1 Å². The van der Waals surface area contributed by atoms with Gasteiger partial charge in [-0.2, -0.15) is 0 Å². The number of furan rings is 1. The summed E-state index contributed by atoms with van der Waals surface area (Å²) in [4.78, 5) is 2.52. The van der Waals surface area contributed by atoms with E-state index in [9.17, 15) is 0 Å². The molecule has 1 aromatic carbocycles. The largest absolute Gasteiger partial charge is 0.467 e. The highest BCUT2D eigenvalue weighted by Gasteiger charge is 2.12. The summed E-state index contributed by atoms with van der Waals surface area (Å²) in [6.07, 6.45) is 4.40. The third kappa shape index (κ3) is 3.23. The summed E-state index contributed by atoms with van der Waals surface area (Å²) >= 11 is 0. The predicted octanol–water partition coefficient (Wildman–Crippen LogP) is 4.05. The lowest BCUT2D eigenvalue weighted by Gasteiger charge is -2.17. The Labute approximate surface area is 120 Å². The molecule has 0 amide bonds. The molecule has 0 spiro atoms. The van der Waals surface area contributed by atoms with E-state index in [1.165, 1.54) is 31.5 Å². The molecule has 0 aliphatic carbocycles. The molecule has 0 radical (unpaired) electrons. The van der Waals surface area contributed by atoms with Gasteiger partial charge in [-0.25, -0.2) is 0 Å². The molecule has 106 valence electrons. The van der Waals surface area contributed by atoms with Crippen molar-refractivity contribution >= 4 is 5.69 Å². The van der Waals surface area contributed by atoms with Crippen molar-refractivity contribution < 1.29 is 4.42 Å². The lowest BCUT2D eigenvalue weighted by molar-refractivity contribution is 0.331. The van der Waals surface area contributed by atoms with E-state index in [-0.39, 0.29) is 6.04 Å². The minimum absolute atomic E-state index is 0.187. The average molecular weight is 270 g/mol. The maximum absolute atomic E-state index is 5.43. The zero-order valence-corrected chi connectivity index (χ0v) is 12.0. The molecule has 0 saturated carbocycles. The maximum Gasteiger partial charge on any atom is 0.125 e. The molecule has 1 saturated heterocycles. The van der Waals surface area contributed by atoms with Gasteiger partial charge in [0.2, 0.25) is 0 Å². The molecule has 20 heavy (non-hydrogen) atoms. The van der Waals surface area contributed by atoms with E-state index in [0.29, 0.717) is 0 Å². The fraction of sp³-hybridized carbons (Fsp3) is 0.412. The summed E-state index contributed by atoms with van der Waals surface area (Å²) in [5.41, 5.74) is 2.54. The van der Waals surface area contributed by atoms with Gasteiger partial charge in [-0.05, 0) is 62.7 Å². The van der Waals surface area contributed by atoms with Gasteiger partial charge in [-0.3, -0.25) is 4.90 Å². The number of rotatable bonds is 5. The molecule has 1 unspecified atom stereocenters. The van der Waals surface area contributed by atoms with Crippen LogP contribution in [0.4, 0.5) is 5.69 Å². The third-order valence-corrected chi connectivity index (χ3v) is 3.88. The summed E-state index contributed by atoms with van der Waals surface area (Å²) < 4.78 is 5.43. The summed E-state index contributed by atoms with van der Waals surface area (Å²) in [6, 6.07) is 12.8. The van der Waals surface area contributed by atoms with Gasteiger partial charge in [0.05, 0.1) is 12.3 Å². The van der Waals surface area contributed by atoms with Crippen molar-refractivity contribution in [3.05, 3.63) is 54.0 Å². The number of benzene rings is 1. The zero-order chi connectivity index (χ0) is 13.8. The molecule has 1 atom stereocenters. The van der Waals surface area contributed by atoms with Crippen LogP contribution < -0.4 is 5.32 Å². The molecule has 1 aliphatic heterocycles. The number of nitrogens with zero attached hydrogens (tertiary/aromatic N) is 1. The first kappa shape index (κ1) is 13.3. The quantitative estimate of drug-likeness (QED) is 0.888. The Morgan fingerprint density at radius 3 is 2.80 bits per heavy atom. The second kappa shape index (κ2) is 6.14. The molecule has 1 aliphatic rings. The van der Waals surface area contributed by atoms with Crippen molar-refractivity contribution in [3.63, 3.8) is 0 Å². The van der Waals surface area contributed by atoms with E-state index in [2.05, 4.69) is 41.4 Å². The van der Waals surface area contributed by atoms with Crippen molar-refractivity contribution in [3.8, 4) is 0 Å². The smallest absolute Gasteiger partial charge is 0.125 e. The topological polar surface area (TPSA) is 28.4 Å².